The van der Waals surface area contributed by atoms with Gasteiger partial charge in [-0.2, -0.15) is 0 Å². The number of aromatic nitrogens is 1. The quantitative estimate of drug-likeness (QED) is 0.874. The molecule has 0 spiro atoms. The van der Waals surface area contributed by atoms with Crippen molar-refractivity contribution < 1.29 is 4.79 Å². The van der Waals surface area contributed by atoms with Crippen molar-refractivity contribution in [3.8, 4) is 11.1 Å². The summed E-state index contributed by atoms with van der Waals surface area (Å²) in [5.41, 5.74) is 4.42. The number of carbonyl (C=O) groups excluding carboxylic acids is 1. The highest BCUT2D eigenvalue weighted by Gasteiger charge is 2.22. The molecular formula is C17H18ClN3O. The van der Waals surface area contributed by atoms with E-state index in [-0.39, 0.29) is 5.91 Å². The van der Waals surface area contributed by atoms with Gasteiger partial charge in [0.05, 0.1) is 11.6 Å². The molecule has 0 aliphatic carbocycles. The number of hydrogen-bond donors (Lipinski definition) is 0. The molecule has 114 valence electrons. The van der Waals surface area contributed by atoms with Gasteiger partial charge in [0.15, 0.2) is 0 Å². The fraction of sp³-hybridized carbons (Fsp3) is 0.294. The van der Waals surface area contributed by atoms with E-state index in [9.17, 15) is 4.79 Å². The first-order valence-electron chi connectivity index (χ1n) is 7.24. The molecule has 1 aromatic heterocycles. The maximum Gasteiger partial charge on any atom is 0.241 e. The topological polar surface area (TPSA) is 36.4 Å². The Morgan fingerprint density at radius 1 is 1.36 bits per heavy atom. The van der Waals surface area contributed by atoms with E-state index in [2.05, 4.69) is 28.1 Å². The minimum Gasteiger partial charge on any atom is -0.362 e. The van der Waals surface area contributed by atoms with Gasteiger partial charge in [0.2, 0.25) is 5.91 Å². The molecule has 3 rings (SSSR count). The Balaban J connectivity index is 1.93. The third-order valence-electron chi connectivity index (χ3n) is 3.99. The Labute approximate surface area is 135 Å². The zero-order chi connectivity index (χ0) is 15.7. The van der Waals surface area contributed by atoms with Crippen LogP contribution in [0.4, 0.5) is 5.69 Å². The second kappa shape index (κ2) is 5.97. The minimum absolute atomic E-state index is 0.111. The van der Waals surface area contributed by atoms with E-state index in [4.69, 9.17) is 11.6 Å². The molecule has 0 bridgehead atoms. The van der Waals surface area contributed by atoms with E-state index >= 15 is 0 Å². The molecule has 22 heavy (non-hydrogen) atoms. The van der Waals surface area contributed by atoms with Crippen molar-refractivity contribution in [1.29, 1.82) is 0 Å². The van der Waals surface area contributed by atoms with Crippen LogP contribution in [0.1, 0.15) is 5.56 Å². The standard InChI is InChI=1S/C17H18ClN3O/c1-20(2)17(22)11-21-8-6-12-3-4-13(9-16(12)21)14-5-7-19-10-15(14)18/h3-5,7,9-10H,6,8,11H2,1-2H3. The van der Waals surface area contributed by atoms with Crippen LogP contribution in [-0.2, 0) is 11.2 Å². The number of carbonyl (C=O) groups is 1. The monoisotopic (exact) mass is 315 g/mol. The number of amides is 1. The Hall–Kier alpha value is -2.07. The Kier molecular flexibility index (Phi) is 4.03. The van der Waals surface area contributed by atoms with Crippen molar-refractivity contribution in [2.45, 2.75) is 6.42 Å². The number of halogens is 1. The van der Waals surface area contributed by atoms with Crippen LogP contribution in [-0.4, -0.2) is 43.0 Å². The summed E-state index contributed by atoms with van der Waals surface area (Å²) in [6, 6.07) is 8.24. The first kappa shape index (κ1) is 14.9. The lowest BCUT2D eigenvalue weighted by Crippen LogP contribution is -2.35. The first-order chi connectivity index (χ1) is 10.6. The number of fused-ring (bicyclic) bond motifs is 1. The lowest BCUT2D eigenvalue weighted by molar-refractivity contribution is -0.127. The first-order valence-corrected chi connectivity index (χ1v) is 7.62. The Bertz CT molecular complexity index is 715. The summed E-state index contributed by atoms with van der Waals surface area (Å²) in [4.78, 5) is 19.8. The number of anilines is 1. The highest BCUT2D eigenvalue weighted by molar-refractivity contribution is 6.33. The summed E-state index contributed by atoms with van der Waals surface area (Å²) >= 11 is 6.24. The molecule has 4 nitrogen and oxygen atoms in total. The lowest BCUT2D eigenvalue weighted by atomic mass is 10.0. The van der Waals surface area contributed by atoms with E-state index in [0.29, 0.717) is 11.6 Å². The third kappa shape index (κ3) is 2.79. The van der Waals surface area contributed by atoms with Gasteiger partial charge >= 0.3 is 0 Å². The number of hydrogen-bond acceptors (Lipinski definition) is 3. The van der Waals surface area contributed by atoms with Crippen molar-refractivity contribution in [3.63, 3.8) is 0 Å². The minimum atomic E-state index is 0.111. The normalized spacial score (nSPS) is 13.1. The summed E-state index contributed by atoms with van der Waals surface area (Å²) in [7, 11) is 3.57. The summed E-state index contributed by atoms with van der Waals surface area (Å²) in [5.74, 6) is 0.111. The predicted octanol–water partition coefficient (Wildman–Crippen LogP) is 2.85. The van der Waals surface area contributed by atoms with Crippen LogP contribution in [0.5, 0.6) is 0 Å². The average Bonchev–Trinajstić information content (AvgIpc) is 2.90. The number of likely N-dealkylation sites (N-methyl/N-ethyl adjacent to an activating group) is 1. The van der Waals surface area contributed by atoms with E-state index in [1.165, 1.54) is 5.56 Å². The molecule has 0 saturated carbocycles. The maximum absolute atomic E-state index is 12.0. The molecule has 0 atom stereocenters. The number of pyridine rings is 1. The molecule has 0 radical (unpaired) electrons. The number of rotatable bonds is 3. The fourth-order valence-corrected chi connectivity index (χ4v) is 2.92. The molecule has 2 aromatic rings. The van der Waals surface area contributed by atoms with Crippen LogP contribution in [0.2, 0.25) is 5.02 Å². The van der Waals surface area contributed by atoms with Crippen LogP contribution < -0.4 is 4.90 Å². The Morgan fingerprint density at radius 3 is 2.91 bits per heavy atom. The molecule has 1 amide bonds. The van der Waals surface area contributed by atoms with E-state index in [0.717, 1.165) is 29.8 Å². The zero-order valence-electron chi connectivity index (χ0n) is 12.7. The van der Waals surface area contributed by atoms with Gasteiger partial charge in [-0.1, -0.05) is 23.7 Å². The van der Waals surface area contributed by atoms with Gasteiger partial charge in [-0.15, -0.1) is 0 Å². The van der Waals surface area contributed by atoms with E-state index < -0.39 is 0 Å². The van der Waals surface area contributed by atoms with E-state index in [1.807, 2.05) is 6.07 Å². The molecule has 0 fully saturated rings. The largest absolute Gasteiger partial charge is 0.362 e. The van der Waals surface area contributed by atoms with Crippen LogP contribution in [0.15, 0.2) is 36.7 Å². The highest BCUT2D eigenvalue weighted by Crippen LogP contribution is 2.34. The van der Waals surface area contributed by atoms with Gasteiger partial charge in [-0.3, -0.25) is 9.78 Å². The van der Waals surface area contributed by atoms with Crippen LogP contribution >= 0.6 is 11.6 Å². The summed E-state index contributed by atoms with van der Waals surface area (Å²) in [5, 5.41) is 0.636. The highest BCUT2D eigenvalue weighted by atomic mass is 35.5. The predicted molar refractivity (Wildman–Crippen MR) is 89.3 cm³/mol. The van der Waals surface area contributed by atoms with Gasteiger partial charge < -0.3 is 9.80 Å². The van der Waals surface area contributed by atoms with Crippen LogP contribution in [0, 0.1) is 0 Å². The molecule has 1 aromatic carbocycles. The number of benzene rings is 1. The summed E-state index contributed by atoms with van der Waals surface area (Å²) in [6.07, 6.45) is 4.36. The fourth-order valence-electron chi connectivity index (χ4n) is 2.69. The van der Waals surface area contributed by atoms with Crippen molar-refractivity contribution in [2.75, 3.05) is 32.1 Å². The third-order valence-corrected chi connectivity index (χ3v) is 4.29. The molecule has 1 aliphatic heterocycles. The van der Waals surface area contributed by atoms with Crippen molar-refractivity contribution >= 4 is 23.2 Å². The molecule has 0 unspecified atom stereocenters. The van der Waals surface area contributed by atoms with Gasteiger partial charge in [0.25, 0.3) is 0 Å². The van der Waals surface area contributed by atoms with Crippen molar-refractivity contribution in [3.05, 3.63) is 47.2 Å². The smallest absolute Gasteiger partial charge is 0.241 e. The van der Waals surface area contributed by atoms with Crippen molar-refractivity contribution in [1.82, 2.24) is 9.88 Å². The zero-order valence-corrected chi connectivity index (χ0v) is 13.5. The van der Waals surface area contributed by atoms with Gasteiger partial charge in [-0.25, -0.2) is 0 Å². The average molecular weight is 316 g/mol. The second-order valence-corrected chi connectivity index (χ2v) is 6.07. The molecule has 0 saturated heterocycles. The molecule has 5 heteroatoms. The molecular weight excluding hydrogens is 298 g/mol. The summed E-state index contributed by atoms with van der Waals surface area (Å²) in [6.45, 7) is 1.29. The molecule has 2 heterocycles. The Morgan fingerprint density at radius 2 is 2.18 bits per heavy atom. The maximum atomic E-state index is 12.0. The second-order valence-electron chi connectivity index (χ2n) is 5.66. The summed E-state index contributed by atoms with van der Waals surface area (Å²) < 4.78 is 0. The van der Waals surface area contributed by atoms with Gasteiger partial charge in [0.1, 0.15) is 0 Å². The lowest BCUT2D eigenvalue weighted by Gasteiger charge is -2.21. The van der Waals surface area contributed by atoms with Crippen LogP contribution in [0.3, 0.4) is 0 Å². The van der Waals surface area contributed by atoms with Gasteiger partial charge in [-0.05, 0) is 29.7 Å². The molecule has 0 N–H and O–H groups in total. The van der Waals surface area contributed by atoms with E-state index in [1.54, 1.807) is 31.4 Å². The molecule has 1 aliphatic rings. The van der Waals surface area contributed by atoms with Gasteiger partial charge in [0, 0.05) is 44.3 Å². The van der Waals surface area contributed by atoms with Crippen molar-refractivity contribution in [2.24, 2.45) is 0 Å². The van der Waals surface area contributed by atoms with Crippen LogP contribution in [0.25, 0.3) is 11.1 Å². The number of nitrogens with zero attached hydrogens (tertiary/aromatic N) is 3. The SMILES string of the molecule is CN(C)C(=O)CN1CCc2ccc(-c3ccncc3Cl)cc21.